The van der Waals surface area contributed by atoms with Crippen molar-refractivity contribution in [3.8, 4) is 22.9 Å². The van der Waals surface area contributed by atoms with Crippen molar-refractivity contribution >= 4 is 5.97 Å². The highest BCUT2D eigenvalue weighted by molar-refractivity contribution is 5.73. The summed E-state index contributed by atoms with van der Waals surface area (Å²) < 4.78 is 43.1. The number of furan rings is 1. The summed E-state index contributed by atoms with van der Waals surface area (Å²) in [5.41, 5.74) is 4.36. The number of aliphatic carboxylic acids is 1. The van der Waals surface area contributed by atoms with E-state index in [0.717, 1.165) is 34.6 Å². The van der Waals surface area contributed by atoms with Crippen LogP contribution >= 0.6 is 0 Å². The number of nitrogens with one attached hydrogen (secondary N) is 1. The molecule has 0 amide bonds. The molecule has 0 bridgehead atoms. The van der Waals surface area contributed by atoms with Gasteiger partial charge in [0.15, 0.2) is 0 Å². The topological polar surface area (TPSA) is 114 Å². The normalized spacial score (nSPS) is 14.4. The number of ether oxygens (including phenoxy) is 1. The molecule has 1 aliphatic heterocycles. The van der Waals surface area contributed by atoms with Gasteiger partial charge in [0.05, 0.1) is 12.5 Å². The summed E-state index contributed by atoms with van der Waals surface area (Å²) in [4.78, 5) is 8.90. The van der Waals surface area contributed by atoms with Gasteiger partial charge in [-0.2, -0.15) is 18.4 Å². The third-order valence-corrected chi connectivity index (χ3v) is 4.77. The van der Waals surface area contributed by atoms with Crippen molar-refractivity contribution in [1.29, 1.82) is 0 Å². The molecule has 0 saturated heterocycles. The Morgan fingerprint density at radius 2 is 1.84 bits per heavy atom. The third-order valence-electron chi connectivity index (χ3n) is 4.77. The lowest BCUT2D eigenvalue weighted by molar-refractivity contribution is -0.192. The van der Waals surface area contributed by atoms with Crippen LogP contribution in [0.2, 0.25) is 0 Å². The molecule has 0 spiro atoms. The molecule has 4 aromatic rings. The number of hydrogen-bond donors (Lipinski definition) is 2. The van der Waals surface area contributed by atoms with E-state index in [9.17, 15) is 13.2 Å². The summed E-state index contributed by atoms with van der Waals surface area (Å²) in [5.74, 6) is -0.288. The number of aromatic nitrogens is 4. The first-order chi connectivity index (χ1) is 15.3. The molecule has 2 aromatic heterocycles. The number of halogens is 3. The van der Waals surface area contributed by atoms with Gasteiger partial charge in [-0.1, -0.05) is 30.3 Å². The number of carboxylic acid groups (broad SMARTS) is 1. The summed E-state index contributed by atoms with van der Waals surface area (Å²) in [6, 6.07) is 16.2. The minimum Gasteiger partial charge on any atom is -0.475 e. The van der Waals surface area contributed by atoms with Crippen LogP contribution in [-0.2, 0) is 11.2 Å². The summed E-state index contributed by atoms with van der Waals surface area (Å²) in [6.07, 6.45) is -0.725. The monoisotopic (exact) mass is 444 g/mol. The van der Waals surface area contributed by atoms with E-state index in [1.54, 1.807) is 12.5 Å². The first-order valence-corrected chi connectivity index (χ1v) is 9.28. The Labute approximate surface area is 178 Å². The zero-order chi connectivity index (χ0) is 22.7. The lowest BCUT2D eigenvalue weighted by Crippen LogP contribution is -2.21. The first-order valence-electron chi connectivity index (χ1n) is 9.28. The summed E-state index contributed by atoms with van der Waals surface area (Å²) in [5, 5.41) is 21.3. The highest BCUT2D eigenvalue weighted by Crippen LogP contribution is 2.46. The average molecular weight is 444 g/mol. The van der Waals surface area contributed by atoms with Crippen LogP contribution < -0.4 is 4.74 Å². The van der Waals surface area contributed by atoms with Gasteiger partial charge in [-0.05, 0) is 35.4 Å². The summed E-state index contributed by atoms with van der Waals surface area (Å²) in [6.45, 7) is 0. The van der Waals surface area contributed by atoms with Gasteiger partial charge in [0.25, 0.3) is 0 Å². The molecule has 1 aliphatic rings. The maximum absolute atomic E-state index is 10.6. The van der Waals surface area contributed by atoms with Gasteiger partial charge in [0, 0.05) is 22.6 Å². The Morgan fingerprint density at radius 1 is 1.09 bits per heavy atom. The summed E-state index contributed by atoms with van der Waals surface area (Å²) >= 11 is 0. The van der Waals surface area contributed by atoms with Gasteiger partial charge in [-0.25, -0.2) is 4.79 Å². The highest BCUT2D eigenvalue weighted by atomic mass is 19.4. The lowest BCUT2D eigenvalue weighted by Gasteiger charge is -2.28. The molecule has 0 aliphatic carbocycles. The zero-order valence-electron chi connectivity index (χ0n) is 16.2. The van der Waals surface area contributed by atoms with Crippen LogP contribution in [-0.4, -0.2) is 37.9 Å². The number of hydrogen-bond acceptors (Lipinski definition) is 6. The molecule has 8 nitrogen and oxygen atoms in total. The Morgan fingerprint density at radius 3 is 2.50 bits per heavy atom. The number of nitrogens with zero attached hydrogens (tertiary/aromatic N) is 3. The van der Waals surface area contributed by atoms with Crippen LogP contribution in [0.3, 0.4) is 0 Å². The fraction of sp³-hybridized carbons (Fsp3) is 0.143. The van der Waals surface area contributed by atoms with E-state index in [-0.39, 0.29) is 5.92 Å². The van der Waals surface area contributed by atoms with Crippen LogP contribution in [0.25, 0.3) is 11.4 Å². The second kappa shape index (κ2) is 8.53. The molecule has 2 N–H and O–H groups in total. The Hall–Kier alpha value is -4.15. The molecule has 2 aromatic carbocycles. The number of alkyl halides is 3. The molecular formula is C21H15F3N4O4. The minimum atomic E-state index is -5.08. The number of aromatic amines is 1. The molecule has 3 heterocycles. The van der Waals surface area contributed by atoms with Crippen molar-refractivity contribution in [3.05, 3.63) is 77.7 Å². The zero-order valence-corrected chi connectivity index (χ0v) is 16.2. The van der Waals surface area contributed by atoms with Crippen LogP contribution in [0, 0.1) is 0 Å². The lowest BCUT2D eigenvalue weighted by atomic mass is 9.83. The van der Waals surface area contributed by atoms with Crippen molar-refractivity contribution in [2.24, 2.45) is 0 Å². The molecule has 0 radical (unpaired) electrons. The Bertz CT molecular complexity index is 1210. The van der Waals surface area contributed by atoms with Gasteiger partial charge in [-0.15, -0.1) is 10.2 Å². The largest absolute Gasteiger partial charge is 0.490 e. The van der Waals surface area contributed by atoms with E-state index >= 15 is 0 Å². The number of benzene rings is 2. The number of para-hydroxylation sites is 1. The average Bonchev–Trinajstić information content (AvgIpc) is 3.47. The van der Waals surface area contributed by atoms with Crippen molar-refractivity contribution in [2.45, 2.75) is 18.5 Å². The van der Waals surface area contributed by atoms with Crippen LogP contribution in [0.1, 0.15) is 22.6 Å². The first kappa shape index (κ1) is 21.1. The quantitative estimate of drug-likeness (QED) is 0.476. The minimum absolute atomic E-state index is 0.205. The number of rotatable bonds is 3. The maximum Gasteiger partial charge on any atom is 0.490 e. The SMILES string of the molecule is O=C(O)C(F)(F)F.c1ccc2c(c1)Oc1cc(-c3nn[nH]n3)ccc1C2Cc1ccoc1. The molecule has 32 heavy (non-hydrogen) atoms. The molecule has 1 unspecified atom stereocenters. The Balaban J connectivity index is 0.000000307. The highest BCUT2D eigenvalue weighted by Gasteiger charge is 2.38. The van der Waals surface area contributed by atoms with Crippen LogP contribution in [0.15, 0.2) is 65.5 Å². The second-order valence-electron chi connectivity index (χ2n) is 6.82. The van der Waals surface area contributed by atoms with E-state index in [4.69, 9.17) is 19.1 Å². The van der Waals surface area contributed by atoms with Gasteiger partial charge >= 0.3 is 12.1 Å². The number of H-pyrrole nitrogens is 1. The Kier molecular flexibility index (Phi) is 5.63. The maximum atomic E-state index is 10.6. The predicted octanol–water partition coefficient (Wildman–Crippen LogP) is 4.57. The van der Waals surface area contributed by atoms with E-state index in [1.165, 1.54) is 5.56 Å². The van der Waals surface area contributed by atoms with E-state index in [0.29, 0.717) is 5.82 Å². The molecular weight excluding hydrogens is 429 g/mol. The molecule has 164 valence electrons. The van der Waals surface area contributed by atoms with Gasteiger partial charge in [0.2, 0.25) is 5.82 Å². The number of fused-ring (bicyclic) bond motifs is 2. The molecule has 1 atom stereocenters. The number of carboxylic acids is 1. The van der Waals surface area contributed by atoms with Crippen molar-refractivity contribution < 1.29 is 32.2 Å². The van der Waals surface area contributed by atoms with Crippen LogP contribution in [0.5, 0.6) is 11.5 Å². The molecule has 5 rings (SSSR count). The van der Waals surface area contributed by atoms with Gasteiger partial charge in [0.1, 0.15) is 11.5 Å². The van der Waals surface area contributed by atoms with E-state index in [1.807, 2.05) is 36.4 Å². The molecule has 0 fully saturated rings. The van der Waals surface area contributed by atoms with Gasteiger partial charge < -0.3 is 14.3 Å². The smallest absolute Gasteiger partial charge is 0.475 e. The van der Waals surface area contributed by atoms with E-state index in [2.05, 4.69) is 32.8 Å². The fourth-order valence-electron chi connectivity index (χ4n) is 3.35. The summed E-state index contributed by atoms with van der Waals surface area (Å²) in [7, 11) is 0. The van der Waals surface area contributed by atoms with Crippen molar-refractivity contribution in [3.63, 3.8) is 0 Å². The molecule has 11 heteroatoms. The molecule has 0 saturated carbocycles. The fourth-order valence-corrected chi connectivity index (χ4v) is 3.35. The van der Waals surface area contributed by atoms with Gasteiger partial charge in [-0.3, -0.25) is 0 Å². The number of carbonyl (C=O) groups is 1. The predicted molar refractivity (Wildman–Crippen MR) is 104 cm³/mol. The van der Waals surface area contributed by atoms with E-state index < -0.39 is 12.1 Å². The van der Waals surface area contributed by atoms with Crippen LogP contribution in [0.4, 0.5) is 13.2 Å². The number of tetrazole rings is 1. The van der Waals surface area contributed by atoms with Crippen molar-refractivity contribution in [2.75, 3.05) is 0 Å². The van der Waals surface area contributed by atoms with Crippen molar-refractivity contribution in [1.82, 2.24) is 20.6 Å². The second-order valence-corrected chi connectivity index (χ2v) is 6.82. The standard InChI is InChI=1S/C19H14N4O2.C2HF3O2/c1-2-4-17-14(3-1)16(9-12-7-8-24-11-12)15-6-5-13(10-18(15)25-17)19-20-22-23-21-19;3-2(4,5)1(6)7/h1-8,10-11,16H,9H2,(H,20,21,22,23);(H,6,7). The third kappa shape index (κ3) is 4.46.